The number of rotatable bonds is 4. The lowest BCUT2D eigenvalue weighted by Crippen LogP contribution is -2.41. The Labute approximate surface area is 192 Å². The predicted octanol–water partition coefficient (Wildman–Crippen LogP) is 6.10. The number of pyridine rings is 1. The van der Waals surface area contributed by atoms with Crippen LogP contribution in [0, 0.1) is 11.8 Å². The molecule has 2 atom stereocenters. The summed E-state index contributed by atoms with van der Waals surface area (Å²) < 4.78 is 0. The number of fused-ring (bicyclic) bond motifs is 1. The lowest BCUT2D eigenvalue weighted by Gasteiger charge is -2.18. The van der Waals surface area contributed by atoms with Gasteiger partial charge in [0.05, 0.1) is 5.69 Å². The highest BCUT2D eigenvalue weighted by Gasteiger charge is 2.36. The van der Waals surface area contributed by atoms with Crippen LogP contribution in [-0.4, -0.2) is 29.0 Å². The Balaban J connectivity index is 1.46. The molecule has 1 aliphatic heterocycles. The molecule has 1 amide bonds. The number of nitrogens with one attached hydrogen (secondary N) is 1. The number of hydrogen-bond acceptors (Lipinski definition) is 3. The van der Waals surface area contributed by atoms with Gasteiger partial charge in [0, 0.05) is 34.3 Å². The van der Waals surface area contributed by atoms with Gasteiger partial charge in [-0.3, -0.25) is 10.2 Å². The monoisotopic (exact) mass is 451 g/mol. The zero-order chi connectivity index (χ0) is 21.4. The lowest BCUT2D eigenvalue weighted by atomic mass is 9.99. The average molecular weight is 452 g/mol. The summed E-state index contributed by atoms with van der Waals surface area (Å²) in [6, 6.07) is 18.9. The number of nitrogens with zero attached hydrogens (tertiary/aromatic N) is 2. The van der Waals surface area contributed by atoms with Crippen LogP contribution in [-0.2, 0) is 0 Å². The fraction of sp³-hybridized carbons (Fsp3) is 0.280. The van der Waals surface area contributed by atoms with Crippen LogP contribution in [0.2, 0.25) is 10.0 Å². The molecule has 0 spiro atoms. The number of aromatic nitrogens is 1. The summed E-state index contributed by atoms with van der Waals surface area (Å²) in [5, 5.41) is 3.40. The summed E-state index contributed by atoms with van der Waals surface area (Å²) in [7, 11) is 0. The van der Waals surface area contributed by atoms with Crippen LogP contribution in [0.4, 0.5) is 0 Å². The van der Waals surface area contributed by atoms with Gasteiger partial charge < -0.3 is 0 Å². The van der Waals surface area contributed by atoms with Gasteiger partial charge in [-0.2, -0.15) is 0 Å². The van der Waals surface area contributed by atoms with E-state index in [1.54, 1.807) is 6.07 Å². The van der Waals surface area contributed by atoms with Gasteiger partial charge >= 0.3 is 0 Å². The first-order chi connectivity index (χ1) is 15.1. The van der Waals surface area contributed by atoms with Crippen LogP contribution < -0.4 is 5.43 Å². The van der Waals surface area contributed by atoms with E-state index in [9.17, 15) is 4.79 Å². The van der Waals surface area contributed by atoms with E-state index in [-0.39, 0.29) is 5.91 Å². The number of amides is 1. The molecule has 2 unspecified atom stereocenters. The maximum absolute atomic E-state index is 13.0. The van der Waals surface area contributed by atoms with Crippen molar-refractivity contribution < 1.29 is 4.79 Å². The first kappa shape index (κ1) is 20.5. The number of carbonyl (C=O) groups excluding carboxylic acids is 1. The molecule has 1 saturated carbocycles. The average Bonchev–Trinajstić information content (AvgIpc) is 3.36. The fourth-order valence-corrected chi connectivity index (χ4v) is 5.05. The molecule has 2 fully saturated rings. The van der Waals surface area contributed by atoms with Gasteiger partial charge in [-0.25, -0.2) is 9.99 Å². The molecule has 1 N–H and O–H groups in total. The maximum atomic E-state index is 13.0. The number of benzene rings is 2. The molecule has 6 heteroatoms. The van der Waals surface area contributed by atoms with E-state index in [1.807, 2.05) is 54.6 Å². The highest BCUT2D eigenvalue weighted by atomic mass is 35.5. The molecular weight excluding hydrogens is 429 g/mol. The third kappa shape index (κ3) is 4.33. The zero-order valence-corrected chi connectivity index (χ0v) is 18.5. The van der Waals surface area contributed by atoms with Crippen molar-refractivity contribution in [2.24, 2.45) is 11.8 Å². The Morgan fingerprint density at radius 1 is 0.839 bits per heavy atom. The predicted molar refractivity (Wildman–Crippen MR) is 125 cm³/mol. The molecule has 0 radical (unpaired) electrons. The molecule has 1 aromatic heterocycles. The lowest BCUT2D eigenvalue weighted by molar-refractivity contribution is 0.0809. The first-order valence-electron chi connectivity index (χ1n) is 10.7. The third-order valence-corrected chi connectivity index (χ3v) is 6.89. The van der Waals surface area contributed by atoms with Crippen LogP contribution in [0.15, 0.2) is 60.7 Å². The van der Waals surface area contributed by atoms with Gasteiger partial charge in [-0.1, -0.05) is 53.9 Å². The topological polar surface area (TPSA) is 45.2 Å². The molecular formula is C25H23Cl2N3O. The van der Waals surface area contributed by atoms with Crippen molar-refractivity contribution in [1.82, 2.24) is 15.4 Å². The van der Waals surface area contributed by atoms with Gasteiger partial charge in [0.2, 0.25) is 0 Å². The Hall–Kier alpha value is -2.40. The van der Waals surface area contributed by atoms with Crippen molar-refractivity contribution >= 4 is 29.1 Å². The second-order valence-electron chi connectivity index (χ2n) is 8.40. The van der Waals surface area contributed by atoms with Crippen LogP contribution in [0.1, 0.15) is 29.8 Å². The molecule has 2 heterocycles. The van der Waals surface area contributed by atoms with Crippen molar-refractivity contribution in [3.05, 3.63) is 76.4 Å². The number of carbonyl (C=O) groups is 1. The molecule has 2 aromatic carbocycles. The molecule has 3 aromatic rings. The fourth-order valence-electron chi connectivity index (χ4n) is 4.80. The van der Waals surface area contributed by atoms with E-state index in [4.69, 9.17) is 28.2 Å². The number of hydrogen-bond donors (Lipinski definition) is 1. The van der Waals surface area contributed by atoms with Crippen molar-refractivity contribution in [2.45, 2.75) is 19.3 Å². The Morgan fingerprint density at radius 2 is 1.42 bits per heavy atom. The van der Waals surface area contributed by atoms with E-state index in [0.29, 0.717) is 27.6 Å². The van der Waals surface area contributed by atoms with Gasteiger partial charge in [0.1, 0.15) is 5.69 Å². The molecule has 5 rings (SSSR count). The van der Waals surface area contributed by atoms with Crippen LogP contribution in [0.25, 0.3) is 22.4 Å². The summed E-state index contributed by atoms with van der Waals surface area (Å²) in [6.45, 7) is 1.87. The molecule has 1 aliphatic carbocycles. The molecule has 31 heavy (non-hydrogen) atoms. The molecule has 1 saturated heterocycles. The maximum Gasteiger partial charge on any atom is 0.284 e. The summed E-state index contributed by atoms with van der Waals surface area (Å²) in [6.07, 6.45) is 3.85. The minimum absolute atomic E-state index is 0.169. The van der Waals surface area contributed by atoms with E-state index < -0.39 is 0 Å². The SMILES string of the molecule is O=C(NN1CC2CCCC2C1)c1ccc(-c2ccc(Cl)cc2)c(-c2ccc(Cl)cc2)n1. The van der Waals surface area contributed by atoms with Gasteiger partial charge in [-0.05, 0) is 66.6 Å². The Morgan fingerprint density at radius 3 is 2.03 bits per heavy atom. The standard InChI is InChI=1S/C25H23Cl2N3O/c26-20-8-4-16(5-9-20)22-12-13-23(28-24(22)17-6-10-21(27)11-7-17)25(31)29-30-14-18-2-1-3-19(18)15-30/h4-13,18-19H,1-3,14-15H2,(H,29,31). The third-order valence-electron chi connectivity index (χ3n) is 6.39. The van der Waals surface area contributed by atoms with Crippen LogP contribution >= 0.6 is 23.2 Å². The number of halogens is 2. The van der Waals surface area contributed by atoms with E-state index >= 15 is 0 Å². The largest absolute Gasteiger partial charge is 0.284 e. The Kier molecular flexibility index (Phi) is 5.70. The first-order valence-corrected chi connectivity index (χ1v) is 11.4. The Bertz CT molecular complexity index is 1090. The van der Waals surface area contributed by atoms with Crippen LogP contribution in [0.5, 0.6) is 0 Å². The minimum Gasteiger partial charge on any atom is -0.283 e. The van der Waals surface area contributed by atoms with Crippen molar-refractivity contribution in [3.63, 3.8) is 0 Å². The van der Waals surface area contributed by atoms with E-state index in [1.165, 1.54) is 19.3 Å². The smallest absolute Gasteiger partial charge is 0.283 e. The van der Waals surface area contributed by atoms with E-state index in [0.717, 1.165) is 35.5 Å². The van der Waals surface area contributed by atoms with Crippen molar-refractivity contribution in [1.29, 1.82) is 0 Å². The molecule has 4 nitrogen and oxygen atoms in total. The normalized spacial score (nSPS) is 20.6. The highest BCUT2D eigenvalue weighted by molar-refractivity contribution is 6.31. The minimum atomic E-state index is -0.169. The molecule has 2 aliphatic rings. The van der Waals surface area contributed by atoms with Gasteiger partial charge in [0.25, 0.3) is 5.91 Å². The van der Waals surface area contributed by atoms with Gasteiger partial charge in [-0.15, -0.1) is 0 Å². The quantitative estimate of drug-likeness (QED) is 0.520. The van der Waals surface area contributed by atoms with Crippen molar-refractivity contribution in [2.75, 3.05) is 13.1 Å². The second kappa shape index (κ2) is 8.62. The summed E-state index contributed by atoms with van der Waals surface area (Å²) in [5.41, 5.74) is 7.04. The number of hydrazine groups is 1. The van der Waals surface area contributed by atoms with Crippen molar-refractivity contribution in [3.8, 4) is 22.4 Å². The highest BCUT2D eigenvalue weighted by Crippen LogP contribution is 2.37. The summed E-state index contributed by atoms with van der Waals surface area (Å²) in [4.78, 5) is 17.8. The van der Waals surface area contributed by atoms with E-state index in [2.05, 4.69) is 10.4 Å². The molecule has 0 bridgehead atoms. The summed E-state index contributed by atoms with van der Waals surface area (Å²) >= 11 is 12.2. The van der Waals surface area contributed by atoms with Crippen LogP contribution in [0.3, 0.4) is 0 Å². The molecule has 158 valence electrons. The second-order valence-corrected chi connectivity index (χ2v) is 9.28. The summed E-state index contributed by atoms with van der Waals surface area (Å²) in [5.74, 6) is 1.26. The zero-order valence-electron chi connectivity index (χ0n) is 17.0. The van der Waals surface area contributed by atoms with Gasteiger partial charge in [0.15, 0.2) is 0 Å².